The molecule has 0 radical (unpaired) electrons. The highest BCUT2D eigenvalue weighted by Gasteiger charge is 2.41. The van der Waals surface area contributed by atoms with Crippen molar-refractivity contribution in [1.82, 2.24) is 40.6 Å². The van der Waals surface area contributed by atoms with Crippen LogP contribution in [0.4, 0.5) is 30.7 Å². The van der Waals surface area contributed by atoms with Gasteiger partial charge >= 0.3 is 0 Å². The summed E-state index contributed by atoms with van der Waals surface area (Å²) in [5, 5.41) is 39.4. The summed E-state index contributed by atoms with van der Waals surface area (Å²) in [7, 11) is -11.7. The van der Waals surface area contributed by atoms with Gasteiger partial charge in [-0.3, -0.25) is 38.7 Å². The van der Waals surface area contributed by atoms with Gasteiger partial charge < -0.3 is 63.2 Å². The van der Waals surface area contributed by atoms with Gasteiger partial charge in [-0.25, -0.2) is 56.0 Å². The number of rotatable bonds is 54. The second-order valence-electron chi connectivity index (χ2n) is 36.6. The van der Waals surface area contributed by atoms with Crippen LogP contribution in [-0.2, 0) is 102 Å². The highest BCUT2D eigenvalue weighted by atomic mass is 35.5. The first-order valence-corrected chi connectivity index (χ1v) is 54.4. The lowest BCUT2D eigenvalue weighted by molar-refractivity contribution is -0.135. The van der Waals surface area contributed by atoms with E-state index in [4.69, 9.17) is 28.8 Å². The summed E-state index contributed by atoms with van der Waals surface area (Å²) in [6.07, 6.45) is 9.22. The molecule has 6 amide bonds. The first-order chi connectivity index (χ1) is 68.3. The monoisotopic (exact) mass is 2080 g/mol. The Morgan fingerprint density at radius 2 is 0.611 bits per heavy atom. The maximum absolute atomic E-state index is 14.4. The Morgan fingerprint density at radius 1 is 0.340 bits per heavy atom. The molecule has 0 bridgehead atoms. The zero-order valence-corrected chi connectivity index (χ0v) is 86.6. The largest absolute Gasteiger partial charge is 0.390 e. The zero-order chi connectivity index (χ0) is 106. The Morgan fingerprint density at radius 3 is 0.882 bits per heavy atom. The number of benzene rings is 7. The number of halogens is 8. The standard InChI is InChI=1S/C36H46F3N3O5S.C36H48F2N4O5S.C35H45ClF2N4O5S/c1-4-9-31(10-5-2)48(46,47)23-33(41-35(44)27-13-8-14-28(37)19-27)36(45)42(21-25-12-7-11-24(6-3)15-25)22-34(43)32(40)18-26-16-29(38)20-30(39)17-26;1-5-9-31(10-6-2)48(46,47)23-33(41-35(44)28-13-24(4)19-40-20-28)36(45)42(21-26-12-8-11-25(7-3)14-26)22-34(43)32(39)17-27-15-29(37)18-30(38)16-27;1-4-8-30(9-5-2)48(46,47)22-32(41-34(44)26-16-27(36)19-40-18-26)35(45)42(20-24-11-7-10-23(6-3)12-24)21-33(43)31(39)15-25-13-28(37)17-29(38)14-25/h7-8,11-17,19-20,31-34,43H,4-6,9-10,18,21-23,40H2,1-3H3,(H,41,44);8,11-16,18-20,31-34,43H,5-7,9-10,17,21-23,39H2,1-4H3,(H,41,44);7,10-14,16-19,30-33,43H,4-6,8-9,15,20-22,39H2,1-3H3,(H,41,44)/t2*32-,33+,34+;31-,32+,33+/m000/s1. The van der Waals surface area contributed by atoms with E-state index in [1.807, 2.05) is 123 Å². The Bertz CT molecular complexity index is 5420. The number of sulfone groups is 3. The molecular weight excluding hydrogens is 1940 g/mol. The molecule has 0 unspecified atom stereocenters. The number of pyridine rings is 2. The minimum absolute atomic E-state index is 0.0170. The van der Waals surface area contributed by atoms with Crippen molar-refractivity contribution in [3.8, 4) is 0 Å². The molecule has 37 heteroatoms. The number of carbonyl (C=O) groups is 6. The van der Waals surface area contributed by atoms with Crippen LogP contribution in [0.5, 0.6) is 0 Å². The van der Waals surface area contributed by atoms with Crippen LogP contribution in [0.25, 0.3) is 0 Å². The van der Waals surface area contributed by atoms with Crippen molar-refractivity contribution in [3.05, 3.63) is 307 Å². The minimum Gasteiger partial charge on any atom is -0.390 e. The SMILES string of the molecule is CCCC(CCC)S(=O)(=O)C[C@@H](NC(=O)c1cccc(F)c1)C(=O)N(Cc1cccc(CC)c1)C[C@@H](O)[C@@H](N)Cc1cc(F)cc(F)c1.CCCC(CCC)S(=O)(=O)C[C@@H](NC(=O)c1cncc(C)c1)C(=O)N(Cc1cccc(CC)c1)C[C@@H](O)[C@@H](N)Cc1cc(F)cc(F)c1.CCCC(CCC)S(=O)(=O)C[C@@H](NC(=O)c1cncc(Cl)c1)C(=O)N(Cc1cccc(CC)c1)C[C@@H](O)[C@@H](N)Cc1cc(F)cc(F)c1. The number of aromatic nitrogens is 2. The molecule has 786 valence electrons. The minimum atomic E-state index is -3.93. The van der Waals surface area contributed by atoms with Crippen molar-refractivity contribution in [2.24, 2.45) is 17.2 Å². The number of hydrogen-bond acceptors (Lipinski definition) is 20. The highest BCUT2D eigenvalue weighted by molar-refractivity contribution is 7.92. The van der Waals surface area contributed by atoms with Crippen LogP contribution in [0, 0.1) is 47.6 Å². The molecule has 9 atom stereocenters. The number of aliphatic hydroxyl groups excluding tert-OH is 3. The van der Waals surface area contributed by atoms with Crippen LogP contribution in [0.15, 0.2) is 189 Å². The fourth-order valence-electron chi connectivity index (χ4n) is 17.0. The van der Waals surface area contributed by atoms with Gasteiger partial charge in [-0.15, -0.1) is 0 Å². The lowest BCUT2D eigenvalue weighted by Crippen LogP contribution is -2.55. The number of amides is 6. The summed E-state index contributed by atoms with van der Waals surface area (Å²) in [5.74, 6) is -12.0. The predicted octanol–water partition coefficient (Wildman–Crippen LogP) is 14.8. The molecule has 0 saturated carbocycles. The second kappa shape index (κ2) is 59.0. The molecular formula is C107H139ClF7N11O15S3. The number of carbonyl (C=O) groups excluding carboxylic acids is 6. The van der Waals surface area contributed by atoms with E-state index in [-0.39, 0.29) is 96.9 Å². The lowest BCUT2D eigenvalue weighted by atomic mass is 10.0. The molecule has 0 aliphatic rings. The molecule has 0 saturated heterocycles. The first-order valence-electron chi connectivity index (χ1n) is 48.9. The number of nitrogens with one attached hydrogen (secondary N) is 3. The summed E-state index contributed by atoms with van der Waals surface area (Å²) in [5.41, 5.74) is 25.4. The van der Waals surface area contributed by atoms with Gasteiger partial charge in [0.15, 0.2) is 29.5 Å². The van der Waals surface area contributed by atoms with Gasteiger partial charge in [-0.05, 0) is 206 Å². The van der Waals surface area contributed by atoms with E-state index < -0.39 is 193 Å². The molecule has 0 spiro atoms. The van der Waals surface area contributed by atoms with Crippen molar-refractivity contribution in [2.75, 3.05) is 36.9 Å². The van der Waals surface area contributed by atoms with Gasteiger partial charge in [0.25, 0.3) is 17.7 Å². The summed E-state index contributed by atoms with van der Waals surface area (Å²) in [6, 6.07) is 31.1. The molecule has 26 nitrogen and oxygen atoms in total. The third-order valence-electron chi connectivity index (χ3n) is 24.5. The normalized spacial score (nSPS) is 13.6. The number of aliphatic hydroxyl groups is 3. The van der Waals surface area contributed by atoms with E-state index in [1.54, 1.807) is 31.3 Å². The quantitative estimate of drug-likeness (QED) is 0.0160. The lowest BCUT2D eigenvalue weighted by Gasteiger charge is -2.32. The molecule has 12 N–H and O–H groups in total. The average molecular weight is 2080 g/mol. The van der Waals surface area contributed by atoms with E-state index in [1.165, 1.54) is 51.5 Å². The van der Waals surface area contributed by atoms with E-state index in [0.29, 0.717) is 106 Å². The molecule has 9 rings (SSSR count). The predicted molar refractivity (Wildman–Crippen MR) is 546 cm³/mol. The van der Waals surface area contributed by atoms with Crippen LogP contribution in [0.1, 0.15) is 226 Å². The number of nitrogens with two attached hydrogens (primary N) is 3. The Kier molecular flexibility index (Phi) is 49.2. The van der Waals surface area contributed by atoms with Gasteiger partial charge in [0, 0.05) is 106 Å². The second-order valence-corrected chi connectivity index (χ2v) is 44.0. The molecule has 7 aromatic carbocycles. The van der Waals surface area contributed by atoms with Crippen LogP contribution >= 0.6 is 11.6 Å². The van der Waals surface area contributed by atoms with Gasteiger partial charge in [0.05, 0.1) is 67.5 Å². The van der Waals surface area contributed by atoms with Crippen molar-refractivity contribution in [2.45, 2.75) is 275 Å². The molecule has 0 aliphatic carbocycles. The topological polar surface area (TPSA) is 415 Å². The maximum atomic E-state index is 14.4. The third-order valence-corrected chi connectivity index (χ3v) is 31.6. The zero-order valence-electron chi connectivity index (χ0n) is 83.4. The molecule has 9 aromatic rings. The van der Waals surface area contributed by atoms with Gasteiger partial charge in [-0.1, -0.05) is 191 Å². The van der Waals surface area contributed by atoms with E-state index in [0.717, 1.165) is 95.8 Å². The van der Waals surface area contributed by atoms with Crippen LogP contribution in [0.2, 0.25) is 5.02 Å². The Hall–Kier alpha value is -10.9. The molecule has 2 heterocycles. The Labute approximate surface area is 847 Å². The number of hydrogen-bond donors (Lipinski definition) is 9. The van der Waals surface area contributed by atoms with Gasteiger partial charge in [0.2, 0.25) is 17.7 Å². The summed E-state index contributed by atoms with van der Waals surface area (Å²) >= 11 is 6.04. The maximum Gasteiger partial charge on any atom is 0.253 e. The summed E-state index contributed by atoms with van der Waals surface area (Å²) in [6.45, 7) is 17.8. The van der Waals surface area contributed by atoms with Crippen molar-refractivity contribution in [3.63, 3.8) is 0 Å². The molecule has 2 aromatic heterocycles. The van der Waals surface area contributed by atoms with Crippen LogP contribution < -0.4 is 33.2 Å². The van der Waals surface area contributed by atoms with Crippen molar-refractivity contribution in [1.29, 1.82) is 0 Å². The van der Waals surface area contributed by atoms with E-state index >= 15 is 0 Å². The first kappa shape index (κ1) is 120. The fraction of sp³-hybridized carbons (Fsp3) is 0.458. The third kappa shape index (κ3) is 39.1. The summed E-state index contributed by atoms with van der Waals surface area (Å²) in [4.78, 5) is 95.1. The van der Waals surface area contributed by atoms with Gasteiger partial charge in [-0.2, -0.15) is 0 Å². The fourth-order valence-corrected chi connectivity index (χ4v) is 23.6. The molecule has 0 aliphatic heterocycles. The molecule has 144 heavy (non-hydrogen) atoms. The van der Waals surface area contributed by atoms with Crippen LogP contribution in [-0.4, -0.2) is 208 Å². The highest BCUT2D eigenvalue weighted by Crippen LogP contribution is 2.27. The van der Waals surface area contributed by atoms with Crippen LogP contribution in [0.3, 0.4) is 0 Å². The van der Waals surface area contributed by atoms with E-state index in [9.17, 15) is 100 Å². The number of aryl methyl sites for hydroxylation is 4. The van der Waals surface area contributed by atoms with Gasteiger partial charge in [0.1, 0.15) is 58.8 Å². The molecule has 0 fully saturated rings. The average Bonchev–Trinajstić information content (AvgIpc) is 0.820. The smallest absolute Gasteiger partial charge is 0.253 e. The summed E-state index contributed by atoms with van der Waals surface area (Å²) < 4.78 is 180. The number of nitrogens with zero attached hydrogens (tertiary/aromatic N) is 5. The van der Waals surface area contributed by atoms with Crippen molar-refractivity contribution < 1.29 is 100 Å². The Balaban J connectivity index is 0.000000293. The van der Waals surface area contributed by atoms with E-state index in [2.05, 4.69) is 25.9 Å². The van der Waals surface area contributed by atoms with Crippen molar-refractivity contribution >= 4 is 76.6 Å².